The Morgan fingerprint density at radius 2 is 1.58 bits per heavy atom. The summed E-state index contributed by atoms with van der Waals surface area (Å²) in [6.45, 7) is 5.97. The van der Waals surface area contributed by atoms with E-state index in [2.05, 4.69) is 4.57 Å². The highest BCUT2D eigenvalue weighted by atomic mass is 32.2. The SMILES string of the molecule is COc1ccc(S(=O)(=O)N2CCN(CC(=O)c3cc(C)n(-c4ccccc4)c3C)CC2)cc1. The molecule has 2 aromatic carbocycles. The summed E-state index contributed by atoms with van der Waals surface area (Å²) in [5.41, 5.74) is 3.68. The number of hydrogen-bond donors (Lipinski definition) is 0. The van der Waals surface area contributed by atoms with E-state index in [4.69, 9.17) is 4.74 Å². The molecule has 0 atom stereocenters. The van der Waals surface area contributed by atoms with Gasteiger partial charge in [-0.05, 0) is 56.3 Å². The van der Waals surface area contributed by atoms with Gasteiger partial charge in [0, 0.05) is 48.8 Å². The minimum absolute atomic E-state index is 0.0525. The van der Waals surface area contributed by atoms with E-state index < -0.39 is 10.0 Å². The average Bonchev–Trinajstić information content (AvgIpc) is 3.14. The van der Waals surface area contributed by atoms with Crippen LogP contribution in [0.1, 0.15) is 21.7 Å². The highest BCUT2D eigenvalue weighted by Gasteiger charge is 2.29. The van der Waals surface area contributed by atoms with Crippen LogP contribution < -0.4 is 4.74 Å². The fourth-order valence-electron chi connectivity index (χ4n) is 4.33. The second kappa shape index (κ2) is 9.51. The maximum Gasteiger partial charge on any atom is 0.243 e. The van der Waals surface area contributed by atoms with Crippen LogP contribution in [0.3, 0.4) is 0 Å². The molecule has 0 saturated carbocycles. The second-order valence-electron chi connectivity index (χ2n) is 8.23. The van der Waals surface area contributed by atoms with E-state index in [1.807, 2.05) is 55.1 Å². The average molecular weight is 468 g/mol. The van der Waals surface area contributed by atoms with E-state index in [0.29, 0.717) is 37.5 Å². The molecular weight excluding hydrogens is 438 g/mol. The molecule has 0 aliphatic carbocycles. The monoisotopic (exact) mass is 467 g/mol. The number of methoxy groups -OCH3 is 1. The fraction of sp³-hybridized carbons (Fsp3) is 0.320. The van der Waals surface area contributed by atoms with Gasteiger partial charge < -0.3 is 9.30 Å². The number of benzene rings is 2. The minimum atomic E-state index is -3.57. The maximum atomic E-state index is 13.1. The smallest absolute Gasteiger partial charge is 0.243 e. The van der Waals surface area contributed by atoms with Crippen LogP contribution in [0.2, 0.25) is 0 Å². The van der Waals surface area contributed by atoms with Crippen LogP contribution in [-0.2, 0) is 10.0 Å². The van der Waals surface area contributed by atoms with Crippen LogP contribution >= 0.6 is 0 Å². The Labute approximate surface area is 195 Å². The Hall–Kier alpha value is -2.94. The number of carbonyl (C=O) groups is 1. The molecule has 0 N–H and O–H groups in total. The third-order valence-electron chi connectivity index (χ3n) is 6.14. The summed E-state index contributed by atoms with van der Waals surface area (Å²) in [5.74, 6) is 0.667. The first kappa shape index (κ1) is 23.2. The lowest BCUT2D eigenvalue weighted by molar-refractivity contribution is 0.0901. The summed E-state index contributed by atoms with van der Waals surface area (Å²) in [4.78, 5) is 15.4. The van der Waals surface area contributed by atoms with Gasteiger partial charge >= 0.3 is 0 Å². The van der Waals surface area contributed by atoms with Crippen LogP contribution in [0, 0.1) is 13.8 Å². The van der Waals surface area contributed by atoms with Crippen molar-refractivity contribution in [2.75, 3.05) is 39.8 Å². The lowest BCUT2D eigenvalue weighted by Crippen LogP contribution is -2.49. The van der Waals surface area contributed by atoms with Gasteiger partial charge in [-0.25, -0.2) is 8.42 Å². The number of ketones is 1. The van der Waals surface area contributed by atoms with E-state index in [9.17, 15) is 13.2 Å². The van der Waals surface area contributed by atoms with Crippen molar-refractivity contribution in [3.63, 3.8) is 0 Å². The topological polar surface area (TPSA) is 71.9 Å². The lowest BCUT2D eigenvalue weighted by atomic mass is 10.1. The molecule has 1 aliphatic rings. The van der Waals surface area contributed by atoms with Crippen molar-refractivity contribution >= 4 is 15.8 Å². The van der Waals surface area contributed by atoms with E-state index in [0.717, 1.165) is 17.1 Å². The van der Waals surface area contributed by atoms with Gasteiger partial charge in [0.15, 0.2) is 5.78 Å². The highest BCUT2D eigenvalue weighted by molar-refractivity contribution is 7.89. The van der Waals surface area contributed by atoms with E-state index in [-0.39, 0.29) is 17.2 Å². The molecule has 7 nitrogen and oxygen atoms in total. The number of rotatable bonds is 7. The highest BCUT2D eigenvalue weighted by Crippen LogP contribution is 2.23. The number of para-hydroxylation sites is 1. The first-order valence-corrected chi connectivity index (χ1v) is 12.4. The van der Waals surface area contributed by atoms with Gasteiger partial charge in [0.05, 0.1) is 18.6 Å². The Bertz CT molecular complexity index is 1230. The summed E-state index contributed by atoms with van der Waals surface area (Å²) in [7, 11) is -2.02. The molecule has 0 bridgehead atoms. The zero-order chi connectivity index (χ0) is 23.6. The van der Waals surface area contributed by atoms with Crippen LogP contribution in [0.25, 0.3) is 5.69 Å². The predicted molar refractivity (Wildman–Crippen MR) is 128 cm³/mol. The third kappa shape index (κ3) is 4.73. The van der Waals surface area contributed by atoms with Crippen molar-refractivity contribution in [1.29, 1.82) is 0 Å². The zero-order valence-corrected chi connectivity index (χ0v) is 20.0. The summed E-state index contributed by atoms with van der Waals surface area (Å²) in [6.07, 6.45) is 0. The first-order valence-electron chi connectivity index (χ1n) is 11.0. The van der Waals surface area contributed by atoms with Gasteiger partial charge in [-0.2, -0.15) is 4.31 Å². The molecule has 0 radical (unpaired) electrons. The Morgan fingerprint density at radius 3 is 2.18 bits per heavy atom. The summed E-state index contributed by atoms with van der Waals surface area (Å²) < 4.78 is 34.6. The van der Waals surface area contributed by atoms with Crippen LogP contribution in [0.4, 0.5) is 0 Å². The molecule has 1 aliphatic heterocycles. The van der Waals surface area contributed by atoms with E-state index >= 15 is 0 Å². The summed E-state index contributed by atoms with van der Waals surface area (Å²) in [6, 6.07) is 18.3. The number of piperazine rings is 1. The van der Waals surface area contributed by atoms with Gasteiger partial charge in [0.25, 0.3) is 0 Å². The molecule has 33 heavy (non-hydrogen) atoms. The molecule has 1 saturated heterocycles. The van der Waals surface area contributed by atoms with Crippen LogP contribution in [0.15, 0.2) is 65.6 Å². The Morgan fingerprint density at radius 1 is 0.939 bits per heavy atom. The quantitative estimate of drug-likeness (QED) is 0.499. The van der Waals surface area contributed by atoms with Crippen molar-refractivity contribution in [3.05, 3.63) is 77.6 Å². The van der Waals surface area contributed by atoms with Gasteiger partial charge in [-0.1, -0.05) is 18.2 Å². The number of ether oxygens (including phenoxy) is 1. The van der Waals surface area contributed by atoms with E-state index in [1.54, 1.807) is 31.4 Å². The number of aryl methyl sites for hydroxylation is 1. The summed E-state index contributed by atoms with van der Waals surface area (Å²) in [5, 5.41) is 0. The standard InChI is InChI=1S/C25H29N3O4S/c1-19-17-24(20(2)28(19)21-7-5-4-6-8-21)25(29)18-26-13-15-27(16-14-26)33(30,31)23-11-9-22(32-3)10-12-23/h4-12,17H,13-16,18H2,1-3H3. The van der Waals surface area contributed by atoms with Crippen LogP contribution in [-0.4, -0.2) is 67.8 Å². The number of hydrogen-bond acceptors (Lipinski definition) is 5. The molecule has 1 aromatic heterocycles. The van der Waals surface area contributed by atoms with E-state index in [1.165, 1.54) is 4.31 Å². The number of aromatic nitrogens is 1. The van der Waals surface area contributed by atoms with Crippen LogP contribution in [0.5, 0.6) is 5.75 Å². The number of carbonyl (C=O) groups excluding carboxylic acids is 1. The van der Waals surface area contributed by atoms with Gasteiger partial charge in [0.1, 0.15) is 5.75 Å². The Kier molecular flexibility index (Phi) is 6.69. The Balaban J connectivity index is 1.41. The minimum Gasteiger partial charge on any atom is -0.497 e. The molecule has 8 heteroatoms. The fourth-order valence-corrected chi connectivity index (χ4v) is 5.75. The molecule has 2 heterocycles. The molecular formula is C25H29N3O4S. The van der Waals surface area contributed by atoms with Gasteiger partial charge in [-0.15, -0.1) is 0 Å². The molecule has 4 rings (SSSR count). The molecule has 174 valence electrons. The lowest BCUT2D eigenvalue weighted by Gasteiger charge is -2.33. The molecule has 0 unspecified atom stereocenters. The van der Waals surface area contributed by atoms with Crippen molar-refractivity contribution in [3.8, 4) is 11.4 Å². The number of sulfonamides is 1. The van der Waals surface area contributed by atoms with Gasteiger partial charge in [0.2, 0.25) is 10.0 Å². The summed E-state index contributed by atoms with van der Waals surface area (Å²) >= 11 is 0. The molecule has 1 fully saturated rings. The van der Waals surface area contributed by atoms with Crippen molar-refractivity contribution in [2.45, 2.75) is 18.7 Å². The second-order valence-corrected chi connectivity index (χ2v) is 10.2. The number of Topliss-reactive ketones (excluding diaryl/α,β-unsaturated/α-hetero) is 1. The maximum absolute atomic E-state index is 13.1. The number of nitrogens with zero attached hydrogens (tertiary/aromatic N) is 3. The van der Waals surface area contributed by atoms with Crippen molar-refractivity contribution < 1.29 is 17.9 Å². The zero-order valence-electron chi connectivity index (χ0n) is 19.2. The van der Waals surface area contributed by atoms with Crippen molar-refractivity contribution in [1.82, 2.24) is 13.8 Å². The normalized spacial score (nSPS) is 15.5. The molecule has 0 spiro atoms. The third-order valence-corrected chi connectivity index (χ3v) is 8.05. The van der Waals surface area contributed by atoms with Crippen molar-refractivity contribution in [2.24, 2.45) is 0 Å². The largest absolute Gasteiger partial charge is 0.497 e. The van der Waals surface area contributed by atoms with Gasteiger partial charge in [-0.3, -0.25) is 9.69 Å². The molecule has 0 amide bonds. The predicted octanol–water partition coefficient (Wildman–Crippen LogP) is 3.29. The molecule has 3 aromatic rings. The first-order chi connectivity index (χ1) is 15.8.